The monoisotopic (exact) mass is 299 g/mol. The zero-order chi connectivity index (χ0) is 15.9. The van der Waals surface area contributed by atoms with Crippen LogP contribution < -0.4 is 10.1 Å². The van der Waals surface area contributed by atoms with Crippen LogP contribution in [0.5, 0.6) is 5.75 Å². The molecule has 2 aromatic rings. The second-order valence-electron chi connectivity index (χ2n) is 5.16. The van der Waals surface area contributed by atoms with Gasteiger partial charge < -0.3 is 15.2 Å². The number of ether oxygens (including phenoxy) is 1. The van der Waals surface area contributed by atoms with E-state index < -0.39 is 0 Å². The molecule has 0 spiro atoms. The Labute approximate surface area is 130 Å². The minimum Gasteiger partial charge on any atom is -0.496 e. The lowest BCUT2D eigenvalue weighted by Gasteiger charge is -2.10. The van der Waals surface area contributed by atoms with Crippen molar-refractivity contribution < 1.29 is 14.6 Å². The van der Waals surface area contributed by atoms with Crippen LogP contribution in [-0.2, 0) is 17.8 Å². The van der Waals surface area contributed by atoms with Crippen LogP contribution in [-0.4, -0.2) is 18.1 Å². The lowest BCUT2D eigenvalue weighted by Crippen LogP contribution is -2.13. The maximum absolute atomic E-state index is 12.0. The molecule has 116 valence electrons. The van der Waals surface area contributed by atoms with E-state index in [0.717, 1.165) is 0 Å². The Bertz CT molecular complexity index is 653. The van der Waals surface area contributed by atoms with Gasteiger partial charge in [-0.1, -0.05) is 24.3 Å². The van der Waals surface area contributed by atoms with E-state index in [1.807, 2.05) is 31.2 Å². The third-order valence-corrected chi connectivity index (χ3v) is 3.62. The van der Waals surface area contributed by atoms with Crippen LogP contribution >= 0.6 is 0 Å². The molecule has 2 aromatic carbocycles. The van der Waals surface area contributed by atoms with Crippen molar-refractivity contribution in [3.8, 4) is 5.75 Å². The van der Waals surface area contributed by atoms with Crippen LogP contribution in [0, 0.1) is 6.92 Å². The summed E-state index contributed by atoms with van der Waals surface area (Å²) in [7, 11) is 1.55. The lowest BCUT2D eigenvalue weighted by molar-refractivity contribution is -0.116. The van der Waals surface area contributed by atoms with Gasteiger partial charge in [-0.25, -0.2) is 0 Å². The van der Waals surface area contributed by atoms with Crippen molar-refractivity contribution >= 4 is 11.6 Å². The van der Waals surface area contributed by atoms with Crippen molar-refractivity contribution in [3.63, 3.8) is 0 Å². The molecule has 0 heterocycles. The molecule has 4 heteroatoms. The first-order chi connectivity index (χ1) is 10.6. The number of aryl methyl sites for hydroxylation is 2. The Hall–Kier alpha value is -2.33. The first-order valence-corrected chi connectivity index (χ1v) is 7.26. The number of amides is 1. The lowest BCUT2D eigenvalue weighted by atomic mass is 10.0. The summed E-state index contributed by atoms with van der Waals surface area (Å²) in [5.41, 5.74) is 3.70. The number of carbonyl (C=O) groups is 1. The largest absolute Gasteiger partial charge is 0.496 e. The van der Waals surface area contributed by atoms with Gasteiger partial charge in [0.05, 0.1) is 13.7 Å². The van der Waals surface area contributed by atoms with Gasteiger partial charge in [0.2, 0.25) is 5.91 Å². The predicted octanol–water partition coefficient (Wildman–Crippen LogP) is 3.07. The van der Waals surface area contributed by atoms with E-state index in [9.17, 15) is 9.90 Å². The van der Waals surface area contributed by atoms with Crippen LogP contribution in [0.25, 0.3) is 0 Å². The molecule has 2 rings (SSSR count). The minimum atomic E-state index is -0.129. The van der Waals surface area contributed by atoms with Gasteiger partial charge >= 0.3 is 0 Å². The molecular weight excluding hydrogens is 278 g/mol. The molecule has 4 nitrogen and oxygen atoms in total. The van der Waals surface area contributed by atoms with Crippen LogP contribution in [0.4, 0.5) is 5.69 Å². The highest BCUT2D eigenvalue weighted by Crippen LogP contribution is 2.22. The summed E-state index contributed by atoms with van der Waals surface area (Å²) in [6.07, 6.45) is 1.13. The second kappa shape index (κ2) is 7.61. The Kier molecular flexibility index (Phi) is 5.55. The van der Waals surface area contributed by atoms with Crippen LogP contribution in [0.2, 0.25) is 0 Å². The molecule has 2 N–H and O–H groups in total. The van der Waals surface area contributed by atoms with Crippen LogP contribution in [0.3, 0.4) is 0 Å². The predicted molar refractivity (Wildman–Crippen MR) is 87.0 cm³/mol. The smallest absolute Gasteiger partial charge is 0.224 e. The topological polar surface area (TPSA) is 58.6 Å². The van der Waals surface area contributed by atoms with Crippen LogP contribution in [0.15, 0.2) is 42.5 Å². The Morgan fingerprint density at radius 3 is 2.64 bits per heavy atom. The molecule has 0 aliphatic rings. The zero-order valence-electron chi connectivity index (χ0n) is 12.9. The Balaban J connectivity index is 1.96. The van der Waals surface area contributed by atoms with Crippen molar-refractivity contribution in [1.82, 2.24) is 0 Å². The standard InChI is InChI=1S/C18H21NO3/c1-13-5-3-4-6-14(13)7-10-18(21)19-16-8-9-17(22-2)15(11-16)12-20/h3-6,8-9,11,20H,7,10,12H2,1-2H3,(H,19,21). The number of anilines is 1. The number of hydrogen-bond donors (Lipinski definition) is 2. The third-order valence-electron chi connectivity index (χ3n) is 3.62. The summed E-state index contributed by atoms with van der Waals surface area (Å²) >= 11 is 0. The van der Waals surface area contributed by atoms with E-state index in [2.05, 4.69) is 5.32 Å². The van der Waals surface area contributed by atoms with Crippen molar-refractivity contribution in [2.24, 2.45) is 0 Å². The molecule has 0 fully saturated rings. The molecule has 0 bridgehead atoms. The summed E-state index contributed by atoms with van der Waals surface area (Å²) in [5, 5.41) is 12.2. The van der Waals surface area contributed by atoms with E-state index in [-0.39, 0.29) is 12.5 Å². The molecule has 0 unspecified atom stereocenters. The first kappa shape index (κ1) is 16.0. The van der Waals surface area contributed by atoms with Gasteiger partial charge in [0.1, 0.15) is 5.75 Å². The summed E-state index contributed by atoms with van der Waals surface area (Å²) < 4.78 is 5.14. The summed E-state index contributed by atoms with van der Waals surface area (Å²) in [5.74, 6) is 0.567. The Morgan fingerprint density at radius 1 is 1.18 bits per heavy atom. The van der Waals surface area contributed by atoms with Gasteiger partial charge in [-0.2, -0.15) is 0 Å². The molecule has 0 aliphatic carbocycles. The van der Waals surface area contributed by atoms with Crippen LogP contribution in [0.1, 0.15) is 23.1 Å². The fourth-order valence-corrected chi connectivity index (χ4v) is 2.34. The van der Waals surface area contributed by atoms with Crippen molar-refractivity contribution in [3.05, 3.63) is 59.2 Å². The molecule has 0 saturated carbocycles. The van der Waals surface area contributed by atoms with E-state index in [1.165, 1.54) is 11.1 Å². The first-order valence-electron chi connectivity index (χ1n) is 7.26. The van der Waals surface area contributed by atoms with Gasteiger partial charge in [0, 0.05) is 17.7 Å². The quantitative estimate of drug-likeness (QED) is 0.862. The minimum absolute atomic E-state index is 0.0442. The van der Waals surface area contributed by atoms with E-state index >= 15 is 0 Å². The number of benzene rings is 2. The molecule has 22 heavy (non-hydrogen) atoms. The number of carbonyl (C=O) groups excluding carboxylic acids is 1. The van der Waals surface area contributed by atoms with Gasteiger partial charge in [0.15, 0.2) is 0 Å². The van der Waals surface area contributed by atoms with E-state index in [1.54, 1.807) is 25.3 Å². The van der Waals surface area contributed by atoms with Gasteiger partial charge in [-0.05, 0) is 42.7 Å². The summed E-state index contributed by atoms with van der Waals surface area (Å²) in [6.45, 7) is 1.92. The SMILES string of the molecule is COc1ccc(NC(=O)CCc2ccccc2C)cc1CO. The third kappa shape index (κ3) is 4.09. The molecule has 0 aromatic heterocycles. The Morgan fingerprint density at radius 2 is 1.95 bits per heavy atom. The van der Waals surface area contributed by atoms with E-state index in [0.29, 0.717) is 29.8 Å². The number of aliphatic hydroxyl groups excluding tert-OH is 1. The molecule has 0 radical (unpaired) electrons. The number of rotatable bonds is 6. The average Bonchev–Trinajstić information content (AvgIpc) is 2.54. The normalized spacial score (nSPS) is 10.3. The zero-order valence-corrected chi connectivity index (χ0v) is 12.9. The highest BCUT2D eigenvalue weighted by molar-refractivity contribution is 5.91. The number of nitrogens with one attached hydrogen (secondary N) is 1. The van der Waals surface area contributed by atoms with Crippen molar-refractivity contribution in [2.75, 3.05) is 12.4 Å². The summed E-state index contributed by atoms with van der Waals surface area (Å²) in [6, 6.07) is 13.3. The van der Waals surface area contributed by atoms with Crippen molar-refractivity contribution in [2.45, 2.75) is 26.4 Å². The number of hydrogen-bond acceptors (Lipinski definition) is 3. The molecule has 1 amide bonds. The molecule has 0 aliphatic heterocycles. The highest BCUT2D eigenvalue weighted by Gasteiger charge is 2.07. The van der Waals surface area contributed by atoms with Crippen molar-refractivity contribution in [1.29, 1.82) is 0 Å². The average molecular weight is 299 g/mol. The number of aliphatic hydroxyl groups is 1. The molecule has 0 saturated heterocycles. The second-order valence-corrected chi connectivity index (χ2v) is 5.16. The molecule has 0 atom stereocenters. The van der Waals surface area contributed by atoms with Gasteiger partial charge in [-0.15, -0.1) is 0 Å². The van der Waals surface area contributed by atoms with E-state index in [4.69, 9.17) is 4.74 Å². The fourth-order valence-electron chi connectivity index (χ4n) is 2.34. The number of methoxy groups -OCH3 is 1. The maximum Gasteiger partial charge on any atom is 0.224 e. The summed E-state index contributed by atoms with van der Waals surface area (Å²) in [4.78, 5) is 12.0. The fraction of sp³-hybridized carbons (Fsp3) is 0.278. The van der Waals surface area contributed by atoms with Gasteiger partial charge in [-0.3, -0.25) is 4.79 Å². The maximum atomic E-state index is 12.0. The molecular formula is C18H21NO3. The van der Waals surface area contributed by atoms with Gasteiger partial charge in [0.25, 0.3) is 0 Å². The highest BCUT2D eigenvalue weighted by atomic mass is 16.5.